The van der Waals surface area contributed by atoms with Crippen molar-refractivity contribution in [3.8, 4) is 56.4 Å². The lowest BCUT2D eigenvalue weighted by atomic mass is 9.93. The van der Waals surface area contributed by atoms with E-state index >= 15 is 0 Å². The highest BCUT2D eigenvalue weighted by molar-refractivity contribution is 7.26. The van der Waals surface area contributed by atoms with E-state index < -0.39 is 0 Å². The summed E-state index contributed by atoms with van der Waals surface area (Å²) >= 11 is 1.84. The first-order chi connectivity index (χ1) is 26.8. The minimum atomic E-state index is 0.599. The van der Waals surface area contributed by atoms with Crippen molar-refractivity contribution in [2.24, 2.45) is 0 Å². The van der Waals surface area contributed by atoms with Crippen molar-refractivity contribution in [1.29, 1.82) is 0 Å². The lowest BCUT2D eigenvalue weighted by molar-refractivity contribution is 0.670. The van der Waals surface area contributed by atoms with Crippen molar-refractivity contribution in [3.05, 3.63) is 176 Å². The lowest BCUT2D eigenvalue weighted by Crippen LogP contribution is -2.00. The molecule has 0 aliphatic heterocycles. The summed E-state index contributed by atoms with van der Waals surface area (Å²) in [5, 5.41) is 7.06. The van der Waals surface area contributed by atoms with E-state index in [1.807, 2.05) is 59.9 Å². The van der Waals surface area contributed by atoms with Crippen LogP contribution in [0.5, 0.6) is 0 Å². The fourth-order valence-corrected chi connectivity index (χ4v) is 9.00. The molecule has 8 aromatic carbocycles. The van der Waals surface area contributed by atoms with E-state index in [9.17, 15) is 0 Å². The van der Waals surface area contributed by atoms with E-state index in [0.29, 0.717) is 17.5 Å². The monoisotopic (exact) mass is 707 g/mol. The molecule has 11 aromatic rings. The molecule has 4 nitrogen and oxygen atoms in total. The van der Waals surface area contributed by atoms with Crippen LogP contribution in [0.2, 0.25) is 0 Å². The first kappa shape index (κ1) is 30.7. The van der Waals surface area contributed by atoms with Crippen LogP contribution in [0.15, 0.2) is 180 Å². The second kappa shape index (κ2) is 12.3. The Labute approximate surface area is 314 Å². The van der Waals surface area contributed by atoms with Crippen LogP contribution in [0.4, 0.5) is 0 Å². The summed E-state index contributed by atoms with van der Waals surface area (Å²) < 4.78 is 9.39. The number of rotatable bonds is 5. The number of para-hydroxylation sites is 1. The predicted molar refractivity (Wildman–Crippen MR) is 225 cm³/mol. The van der Waals surface area contributed by atoms with Crippen molar-refractivity contribution >= 4 is 64.2 Å². The molecular formula is C49H29N3OS. The second-order valence-corrected chi connectivity index (χ2v) is 14.6. The molecule has 5 heteroatoms. The van der Waals surface area contributed by atoms with Gasteiger partial charge in [-0.15, -0.1) is 11.3 Å². The third-order valence-electron chi connectivity index (χ3n) is 10.4. The first-order valence-corrected chi connectivity index (χ1v) is 18.8. The summed E-state index contributed by atoms with van der Waals surface area (Å²) in [4.78, 5) is 15.3. The maximum atomic E-state index is 6.84. The standard InChI is InChI=1S/C49H29N3OS/c1-3-13-30(14-4-1)31-25-27-33(28-26-31)48-50-47(32-15-5-2-6-16-32)51-49(52-48)39-22-12-23-41-44(39)38-21-11-20-36(46(38)53-41)40-29-43-45(35-18-8-7-17-34(35)40)37-19-9-10-24-42(37)54-43/h1-29H. The zero-order valence-corrected chi connectivity index (χ0v) is 29.7. The number of hydrogen-bond donors (Lipinski definition) is 0. The minimum absolute atomic E-state index is 0.599. The van der Waals surface area contributed by atoms with Crippen LogP contribution in [-0.2, 0) is 0 Å². The van der Waals surface area contributed by atoms with Gasteiger partial charge in [0.2, 0.25) is 0 Å². The molecule has 0 bridgehead atoms. The molecule has 0 saturated carbocycles. The zero-order valence-electron chi connectivity index (χ0n) is 28.9. The molecule has 0 aliphatic carbocycles. The van der Waals surface area contributed by atoms with Gasteiger partial charge in [-0.3, -0.25) is 0 Å². The number of aromatic nitrogens is 3. The average molecular weight is 708 g/mol. The van der Waals surface area contributed by atoms with Crippen LogP contribution < -0.4 is 0 Å². The topological polar surface area (TPSA) is 51.8 Å². The van der Waals surface area contributed by atoms with Gasteiger partial charge in [-0.2, -0.15) is 0 Å². The maximum absolute atomic E-state index is 6.84. The molecule has 0 radical (unpaired) electrons. The van der Waals surface area contributed by atoms with Crippen molar-refractivity contribution in [2.75, 3.05) is 0 Å². The summed E-state index contributed by atoms with van der Waals surface area (Å²) in [5.41, 5.74) is 8.91. The van der Waals surface area contributed by atoms with Crippen molar-refractivity contribution in [1.82, 2.24) is 15.0 Å². The van der Waals surface area contributed by atoms with Crippen LogP contribution in [0.25, 0.3) is 109 Å². The highest BCUT2D eigenvalue weighted by Gasteiger charge is 2.21. The van der Waals surface area contributed by atoms with Gasteiger partial charge in [0.1, 0.15) is 11.2 Å². The van der Waals surface area contributed by atoms with E-state index in [1.54, 1.807) is 0 Å². The van der Waals surface area contributed by atoms with Crippen LogP contribution in [0.1, 0.15) is 0 Å². The highest BCUT2D eigenvalue weighted by atomic mass is 32.1. The number of benzene rings is 8. The number of nitrogens with zero attached hydrogens (tertiary/aromatic N) is 3. The van der Waals surface area contributed by atoms with E-state index in [-0.39, 0.29) is 0 Å². The van der Waals surface area contributed by atoms with Gasteiger partial charge in [-0.05, 0) is 45.7 Å². The largest absolute Gasteiger partial charge is 0.455 e. The van der Waals surface area contributed by atoms with Crippen molar-refractivity contribution < 1.29 is 4.42 Å². The summed E-state index contributed by atoms with van der Waals surface area (Å²) in [5.74, 6) is 1.84. The number of hydrogen-bond acceptors (Lipinski definition) is 5. The Bertz CT molecular complexity index is 3200. The Kier molecular flexibility index (Phi) is 7.00. The average Bonchev–Trinajstić information content (AvgIpc) is 3.83. The summed E-state index contributed by atoms with van der Waals surface area (Å²) in [6.07, 6.45) is 0. The Morgan fingerprint density at radius 1 is 0.352 bits per heavy atom. The van der Waals surface area contributed by atoms with E-state index in [0.717, 1.165) is 55.3 Å². The Morgan fingerprint density at radius 2 is 0.907 bits per heavy atom. The fraction of sp³-hybridized carbons (Fsp3) is 0. The molecule has 0 unspecified atom stereocenters. The molecule has 0 amide bonds. The molecule has 0 atom stereocenters. The van der Waals surface area contributed by atoms with Crippen LogP contribution >= 0.6 is 11.3 Å². The fourth-order valence-electron chi connectivity index (χ4n) is 7.84. The number of thiophene rings is 1. The summed E-state index contributed by atoms with van der Waals surface area (Å²) in [6, 6.07) is 61.3. The minimum Gasteiger partial charge on any atom is -0.455 e. The van der Waals surface area contributed by atoms with Gasteiger partial charge in [0.05, 0.1) is 0 Å². The van der Waals surface area contributed by atoms with Crippen LogP contribution in [0.3, 0.4) is 0 Å². The Morgan fingerprint density at radius 3 is 1.69 bits per heavy atom. The predicted octanol–water partition coefficient (Wildman–Crippen LogP) is 13.6. The quantitative estimate of drug-likeness (QED) is 0.179. The molecule has 3 aromatic heterocycles. The van der Waals surface area contributed by atoms with E-state index in [4.69, 9.17) is 19.4 Å². The van der Waals surface area contributed by atoms with Gasteiger partial charge in [0.15, 0.2) is 17.5 Å². The van der Waals surface area contributed by atoms with Gasteiger partial charge in [-0.25, -0.2) is 15.0 Å². The van der Waals surface area contributed by atoms with Crippen LogP contribution in [0, 0.1) is 0 Å². The molecule has 11 rings (SSSR count). The second-order valence-electron chi connectivity index (χ2n) is 13.5. The summed E-state index contributed by atoms with van der Waals surface area (Å²) in [7, 11) is 0. The molecule has 54 heavy (non-hydrogen) atoms. The first-order valence-electron chi connectivity index (χ1n) is 18.0. The van der Waals surface area contributed by atoms with Gasteiger partial charge in [-0.1, -0.05) is 158 Å². The molecular weight excluding hydrogens is 679 g/mol. The number of fused-ring (bicyclic) bond motifs is 8. The molecule has 0 spiro atoms. The van der Waals surface area contributed by atoms with Crippen molar-refractivity contribution in [2.45, 2.75) is 0 Å². The molecule has 0 N–H and O–H groups in total. The van der Waals surface area contributed by atoms with E-state index in [2.05, 4.69) is 127 Å². The highest BCUT2D eigenvalue weighted by Crippen LogP contribution is 2.46. The molecule has 0 aliphatic rings. The van der Waals surface area contributed by atoms with E-state index in [1.165, 1.54) is 36.5 Å². The molecule has 252 valence electrons. The third-order valence-corrected chi connectivity index (χ3v) is 11.5. The Hall–Kier alpha value is -6.95. The third kappa shape index (κ3) is 4.94. The van der Waals surface area contributed by atoms with Crippen LogP contribution in [-0.4, -0.2) is 15.0 Å². The smallest absolute Gasteiger partial charge is 0.164 e. The van der Waals surface area contributed by atoms with Gasteiger partial charge < -0.3 is 4.42 Å². The maximum Gasteiger partial charge on any atom is 0.164 e. The van der Waals surface area contributed by atoms with Gasteiger partial charge >= 0.3 is 0 Å². The van der Waals surface area contributed by atoms with Gasteiger partial charge in [0.25, 0.3) is 0 Å². The normalized spacial score (nSPS) is 11.7. The molecule has 0 fully saturated rings. The SMILES string of the molecule is c1ccc(-c2ccc(-c3nc(-c4ccccc4)nc(-c4cccc5oc6c(-c7cc8sc9ccccc9c8c8ccccc78)cccc6c45)n3)cc2)cc1. The van der Waals surface area contributed by atoms with Gasteiger partial charge in [0, 0.05) is 53.2 Å². The van der Waals surface area contributed by atoms with Crippen molar-refractivity contribution in [3.63, 3.8) is 0 Å². The zero-order chi connectivity index (χ0) is 35.6. The molecule has 0 saturated heterocycles. The summed E-state index contributed by atoms with van der Waals surface area (Å²) in [6.45, 7) is 0. The Balaban J connectivity index is 1.11. The lowest BCUT2D eigenvalue weighted by Gasteiger charge is -2.10. The molecule has 3 heterocycles. The number of furan rings is 1.